The van der Waals surface area contributed by atoms with Crippen LogP contribution in [0.3, 0.4) is 0 Å². The number of H-pyrrole nitrogens is 1. The van der Waals surface area contributed by atoms with Gasteiger partial charge in [-0.05, 0) is 104 Å². The van der Waals surface area contributed by atoms with Gasteiger partial charge in [-0.25, -0.2) is 40.8 Å². The van der Waals surface area contributed by atoms with Crippen LogP contribution in [0.25, 0.3) is 33.9 Å². The summed E-state index contributed by atoms with van der Waals surface area (Å²) in [4.78, 5) is 35.2. The fraction of sp³-hybridized carbons (Fsp3) is 0.327. The standard InChI is InChI=1S/C52H62N12O11S2/c1-51(2,3)45(57-49(65)66)43(46(52(4,5)6)58-50(67)68)60-76(69,70)41-23-22-38(34-24-25-54-39(26-34)40-27-55-48(53)56-40)42(47-59-61-62-64(47)30-33-14-20-37(75-9)21-15-33)44(41)77(71,72)63(28-31-10-16-35(73-7)17-11-31)29-32-12-18-36(74-8)19-13-32/h10-27,43,45-46,57-58,60H,28-30H2,1-9H3,(H,65,66)(H,67,68)(H3,53,55,56). The number of methoxy groups -OCH3 is 3. The highest BCUT2D eigenvalue weighted by Crippen LogP contribution is 2.43. The monoisotopic (exact) mass is 1090 g/mol. The first-order valence-corrected chi connectivity index (χ1v) is 26.9. The zero-order valence-corrected chi connectivity index (χ0v) is 45.5. The van der Waals surface area contributed by atoms with E-state index in [1.165, 1.54) is 44.5 Å². The van der Waals surface area contributed by atoms with Crippen molar-refractivity contribution in [2.75, 3.05) is 27.1 Å². The van der Waals surface area contributed by atoms with Crippen LogP contribution in [0.1, 0.15) is 58.2 Å². The van der Waals surface area contributed by atoms with Crippen molar-refractivity contribution in [1.29, 1.82) is 0 Å². The fourth-order valence-electron chi connectivity index (χ4n) is 8.85. The molecule has 0 fully saturated rings. The van der Waals surface area contributed by atoms with E-state index in [0.717, 1.165) is 10.4 Å². The first kappa shape index (κ1) is 56.6. The molecule has 0 bridgehead atoms. The summed E-state index contributed by atoms with van der Waals surface area (Å²) in [7, 11) is -5.98. The minimum Gasteiger partial charge on any atom is -0.497 e. The Labute approximate surface area is 446 Å². The number of hydrogen-bond acceptors (Lipinski definition) is 15. The molecule has 23 nitrogen and oxygen atoms in total. The molecule has 2 amide bonds. The molecule has 25 heteroatoms. The van der Waals surface area contributed by atoms with Gasteiger partial charge in [0.25, 0.3) is 0 Å². The number of aromatic nitrogens is 7. The molecule has 4 aromatic carbocycles. The van der Waals surface area contributed by atoms with E-state index in [4.69, 9.17) is 19.9 Å². The summed E-state index contributed by atoms with van der Waals surface area (Å²) in [5.41, 5.74) is 6.35. The lowest BCUT2D eigenvalue weighted by molar-refractivity contribution is 0.121. The van der Waals surface area contributed by atoms with Crippen LogP contribution >= 0.6 is 0 Å². The number of sulfonamides is 2. The smallest absolute Gasteiger partial charge is 0.404 e. The van der Waals surface area contributed by atoms with E-state index in [9.17, 15) is 19.8 Å². The molecule has 3 heterocycles. The Hall–Kier alpha value is -8.13. The Kier molecular flexibility index (Phi) is 16.9. The van der Waals surface area contributed by atoms with Crippen molar-refractivity contribution in [3.8, 4) is 51.2 Å². The number of amides is 2. The summed E-state index contributed by atoms with van der Waals surface area (Å²) in [6, 6.07) is 21.8. The van der Waals surface area contributed by atoms with Gasteiger partial charge in [-0.1, -0.05) is 84.0 Å². The van der Waals surface area contributed by atoms with Crippen LogP contribution in [-0.2, 0) is 39.7 Å². The van der Waals surface area contributed by atoms with Gasteiger partial charge in [0.05, 0.1) is 69.1 Å². The quantitative estimate of drug-likeness (QED) is 0.0387. The molecule has 2 unspecified atom stereocenters. The number of pyridine rings is 1. The lowest BCUT2D eigenvalue weighted by Crippen LogP contribution is -2.67. The number of carbonyl (C=O) groups is 2. The largest absolute Gasteiger partial charge is 0.497 e. The van der Waals surface area contributed by atoms with Crippen LogP contribution in [0.4, 0.5) is 15.5 Å². The van der Waals surface area contributed by atoms with E-state index in [2.05, 4.69) is 45.8 Å². The van der Waals surface area contributed by atoms with Crippen molar-refractivity contribution >= 4 is 38.2 Å². The maximum atomic E-state index is 16.6. The maximum Gasteiger partial charge on any atom is 0.404 e. The normalized spacial score (nSPS) is 13.4. The summed E-state index contributed by atoms with van der Waals surface area (Å²) < 4.78 is 86.5. The molecule has 0 spiro atoms. The van der Waals surface area contributed by atoms with Gasteiger partial charge in [-0.15, -0.1) is 5.10 Å². The van der Waals surface area contributed by atoms with Crippen LogP contribution in [-0.4, -0.2) is 118 Å². The number of anilines is 1. The second kappa shape index (κ2) is 23.0. The summed E-state index contributed by atoms with van der Waals surface area (Å²) >= 11 is 0. The zero-order valence-electron chi connectivity index (χ0n) is 43.8. The van der Waals surface area contributed by atoms with E-state index in [1.54, 1.807) is 126 Å². The predicted molar refractivity (Wildman–Crippen MR) is 286 cm³/mol. The van der Waals surface area contributed by atoms with Crippen molar-refractivity contribution in [3.63, 3.8) is 0 Å². The molecule has 0 saturated heterocycles. The van der Waals surface area contributed by atoms with Gasteiger partial charge in [0, 0.05) is 19.3 Å². The van der Waals surface area contributed by atoms with Gasteiger partial charge >= 0.3 is 12.2 Å². The number of benzene rings is 4. The molecule has 8 N–H and O–H groups in total. The number of rotatable bonds is 21. The number of nitrogens with zero attached hydrogens (tertiary/aromatic N) is 7. The molecule has 0 aliphatic heterocycles. The van der Waals surface area contributed by atoms with Crippen LogP contribution in [0.5, 0.6) is 17.2 Å². The van der Waals surface area contributed by atoms with Crippen LogP contribution in [0.15, 0.2) is 119 Å². The Morgan fingerprint density at radius 2 is 1.23 bits per heavy atom. The van der Waals surface area contributed by atoms with Gasteiger partial charge in [0.15, 0.2) is 11.8 Å². The Balaban J connectivity index is 1.60. The van der Waals surface area contributed by atoms with E-state index in [-0.39, 0.29) is 42.5 Å². The number of imidazole rings is 1. The van der Waals surface area contributed by atoms with Crippen molar-refractivity contribution in [2.45, 2.75) is 89.1 Å². The number of ether oxygens (including phenoxy) is 3. The number of aromatic amines is 1. The minimum atomic E-state index is -5.28. The number of carboxylic acid groups (broad SMARTS) is 2. The summed E-state index contributed by atoms with van der Waals surface area (Å²) in [6.07, 6.45) is -0.118. The van der Waals surface area contributed by atoms with E-state index in [1.807, 2.05) is 0 Å². The summed E-state index contributed by atoms with van der Waals surface area (Å²) in [5.74, 6) is 1.48. The molecule has 0 radical (unpaired) electrons. The van der Waals surface area contributed by atoms with Crippen molar-refractivity contribution < 1.29 is 50.8 Å². The van der Waals surface area contributed by atoms with Gasteiger partial charge in [-0.2, -0.15) is 4.31 Å². The van der Waals surface area contributed by atoms with E-state index in [0.29, 0.717) is 50.9 Å². The van der Waals surface area contributed by atoms with Crippen molar-refractivity contribution in [1.82, 2.24) is 54.8 Å². The molecule has 0 saturated carbocycles. The Morgan fingerprint density at radius 1 is 0.727 bits per heavy atom. The lowest BCUT2D eigenvalue weighted by atomic mass is 9.73. The number of hydrogen-bond donors (Lipinski definition) is 7. The van der Waals surface area contributed by atoms with Crippen molar-refractivity contribution in [3.05, 3.63) is 126 Å². The van der Waals surface area contributed by atoms with Gasteiger partial charge < -0.3 is 45.8 Å². The Morgan fingerprint density at radius 3 is 1.69 bits per heavy atom. The SMILES string of the molecule is COc1ccc(CN(Cc2ccc(OC)cc2)S(=O)(=O)c2c(S(=O)(=O)NC(C(NC(=O)O)C(C)(C)C)C(NC(=O)O)C(C)(C)C)ccc(-c3ccnc(-c4cnc(N)[nH]4)c3)c2-c2nnnn2Cc2ccc(OC)cc2)cc1. The summed E-state index contributed by atoms with van der Waals surface area (Å²) in [6.45, 7) is 9.21. The zero-order chi connectivity index (χ0) is 56.0. The van der Waals surface area contributed by atoms with Gasteiger partial charge in [-0.3, -0.25) is 4.98 Å². The third-order valence-electron chi connectivity index (χ3n) is 12.7. The fourth-order valence-corrected chi connectivity index (χ4v) is 12.5. The molecule has 7 aromatic rings. The third-order valence-corrected chi connectivity index (χ3v) is 16.2. The average Bonchev–Trinajstić information content (AvgIpc) is 4.09. The second-order valence-electron chi connectivity index (χ2n) is 20.1. The van der Waals surface area contributed by atoms with Gasteiger partial charge in [0.1, 0.15) is 27.0 Å². The lowest BCUT2D eigenvalue weighted by Gasteiger charge is -2.45. The number of nitrogens with two attached hydrogens (primary N) is 1. The molecular formula is C52H62N12O11S2. The number of tetrazole rings is 1. The number of nitrogen functional groups attached to an aromatic ring is 1. The molecule has 0 aliphatic carbocycles. The number of nitrogens with one attached hydrogen (secondary N) is 4. The Bertz CT molecular complexity index is 3350. The molecular weight excluding hydrogens is 1030 g/mol. The molecule has 0 aliphatic rings. The van der Waals surface area contributed by atoms with Crippen LogP contribution in [0.2, 0.25) is 0 Å². The second-order valence-corrected chi connectivity index (χ2v) is 23.7. The average molecular weight is 1100 g/mol. The maximum absolute atomic E-state index is 16.6. The topological polar surface area (TPSA) is 321 Å². The van der Waals surface area contributed by atoms with Crippen LogP contribution < -0.4 is 35.3 Å². The highest BCUT2D eigenvalue weighted by atomic mass is 32.2. The summed E-state index contributed by atoms with van der Waals surface area (Å²) in [5, 5.41) is 38.2. The molecule has 2 atom stereocenters. The first-order valence-electron chi connectivity index (χ1n) is 23.9. The van der Waals surface area contributed by atoms with E-state index < -0.39 is 71.0 Å². The highest BCUT2D eigenvalue weighted by molar-refractivity contribution is 7.92. The van der Waals surface area contributed by atoms with Crippen molar-refractivity contribution in [2.24, 2.45) is 10.8 Å². The van der Waals surface area contributed by atoms with Gasteiger partial charge in [0.2, 0.25) is 20.0 Å². The van der Waals surface area contributed by atoms with E-state index >= 15 is 16.8 Å². The predicted octanol–water partition coefficient (Wildman–Crippen LogP) is 6.85. The molecule has 3 aromatic heterocycles. The first-order chi connectivity index (χ1) is 36.3. The molecule has 408 valence electrons. The third kappa shape index (κ3) is 13.3. The van der Waals surface area contributed by atoms with Crippen LogP contribution in [0, 0.1) is 10.8 Å². The minimum absolute atomic E-state index is 0.0543. The highest BCUT2D eigenvalue weighted by Gasteiger charge is 2.47. The molecule has 77 heavy (non-hydrogen) atoms. The molecule has 7 rings (SSSR count).